The van der Waals surface area contributed by atoms with Crippen molar-refractivity contribution < 1.29 is 14.4 Å². The van der Waals surface area contributed by atoms with Crippen LogP contribution in [0.1, 0.15) is 18.5 Å². The van der Waals surface area contributed by atoms with Gasteiger partial charge in [-0.2, -0.15) is 0 Å². The molecule has 130 valence electrons. The van der Waals surface area contributed by atoms with Gasteiger partial charge in [-0.15, -0.1) is 11.3 Å². The number of thiazole rings is 1. The first-order chi connectivity index (χ1) is 12.0. The highest BCUT2D eigenvalue weighted by Gasteiger charge is 2.29. The topological polar surface area (TPSA) is 91.4 Å². The van der Waals surface area contributed by atoms with E-state index in [0.717, 1.165) is 16.3 Å². The molecule has 2 N–H and O–H groups in total. The van der Waals surface area contributed by atoms with E-state index in [4.69, 9.17) is 0 Å². The molecule has 1 fully saturated rings. The first kappa shape index (κ1) is 17.1. The van der Waals surface area contributed by atoms with Crippen LogP contribution >= 0.6 is 11.3 Å². The summed E-state index contributed by atoms with van der Waals surface area (Å²) in [4.78, 5) is 40.9. The molecule has 0 aliphatic carbocycles. The van der Waals surface area contributed by atoms with Gasteiger partial charge in [0.2, 0.25) is 5.91 Å². The molecule has 1 atom stereocenters. The second-order valence-electron chi connectivity index (χ2n) is 5.81. The Hall–Kier alpha value is -2.74. The lowest BCUT2D eigenvalue weighted by molar-refractivity contribution is -0.130. The lowest BCUT2D eigenvalue weighted by Crippen LogP contribution is -2.32. The molecule has 0 unspecified atom stereocenters. The van der Waals surface area contributed by atoms with Gasteiger partial charge in [-0.05, 0) is 6.42 Å². The van der Waals surface area contributed by atoms with E-state index in [1.54, 1.807) is 23.3 Å². The molecular weight excluding hydrogens is 340 g/mol. The minimum absolute atomic E-state index is 0.0942. The number of nitrogens with one attached hydrogen (secondary N) is 2. The van der Waals surface area contributed by atoms with Gasteiger partial charge < -0.3 is 10.2 Å². The van der Waals surface area contributed by atoms with E-state index in [1.165, 1.54) is 0 Å². The van der Waals surface area contributed by atoms with Crippen LogP contribution < -0.4 is 10.6 Å². The number of urea groups is 1. The third kappa shape index (κ3) is 4.21. The number of hydrogen-bond donors (Lipinski definition) is 2. The summed E-state index contributed by atoms with van der Waals surface area (Å²) in [5, 5.41) is 7.50. The Labute approximate surface area is 149 Å². The molecule has 0 saturated carbocycles. The fourth-order valence-electron chi connectivity index (χ4n) is 2.54. The highest BCUT2D eigenvalue weighted by molar-refractivity contribution is 7.13. The number of rotatable bonds is 6. The second kappa shape index (κ2) is 7.43. The van der Waals surface area contributed by atoms with E-state index < -0.39 is 12.1 Å². The van der Waals surface area contributed by atoms with E-state index in [9.17, 15) is 14.4 Å². The molecule has 4 amide bonds. The van der Waals surface area contributed by atoms with Crippen LogP contribution in [0.15, 0.2) is 35.7 Å². The van der Waals surface area contributed by atoms with Gasteiger partial charge >= 0.3 is 6.03 Å². The molecular formula is C17H18N4O3S. The number of aromatic nitrogens is 1. The van der Waals surface area contributed by atoms with Crippen LogP contribution in [0.5, 0.6) is 0 Å². The van der Waals surface area contributed by atoms with Gasteiger partial charge in [0.1, 0.15) is 11.0 Å². The summed E-state index contributed by atoms with van der Waals surface area (Å²) >= 11 is 1.54. The van der Waals surface area contributed by atoms with Crippen molar-refractivity contribution in [3.8, 4) is 10.6 Å². The van der Waals surface area contributed by atoms with Crippen LogP contribution in [-0.4, -0.2) is 40.8 Å². The fourth-order valence-corrected chi connectivity index (χ4v) is 3.36. The molecule has 2 aromatic rings. The van der Waals surface area contributed by atoms with Crippen molar-refractivity contribution in [2.24, 2.45) is 0 Å². The summed E-state index contributed by atoms with van der Waals surface area (Å²) in [5.41, 5.74) is 1.88. The smallest absolute Gasteiger partial charge is 0.322 e. The Morgan fingerprint density at radius 3 is 2.72 bits per heavy atom. The van der Waals surface area contributed by atoms with Gasteiger partial charge in [0.25, 0.3) is 5.91 Å². The molecule has 2 heterocycles. The van der Waals surface area contributed by atoms with E-state index in [2.05, 4.69) is 15.6 Å². The molecule has 0 radical (unpaired) electrons. The molecule has 1 aromatic carbocycles. The highest BCUT2D eigenvalue weighted by atomic mass is 32.1. The minimum atomic E-state index is -0.631. The maximum absolute atomic E-state index is 12.2. The molecule has 1 aliphatic rings. The molecule has 25 heavy (non-hydrogen) atoms. The molecule has 1 aromatic heterocycles. The van der Waals surface area contributed by atoms with Gasteiger partial charge in [0.15, 0.2) is 0 Å². The molecule has 1 saturated heterocycles. The second-order valence-corrected chi connectivity index (χ2v) is 6.67. The Bertz CT molecular complexity index is 790. The number of carbonyl (C=O) groups excluding carboxylic acids is 3. The van der Waals surface area contributed by atoms with E-state index in [1.807, 2.05) is 35.7 Å². The average Bonchev–Trinajstić information content (AvgIpc) is 3.19. The molecule has 0 bridgehead atoms. The summed E-state index contributed by atoms with van der Waals surface area (Å²) in [7, 11) is 1.71. The predicted molar refractivity (Wildman–Crippen MR) is 93.7 cm³/mol. The van der Waals surface area contributed by atoms with E-state index in [0.29, 0.717) is 6.54 Å². The first-order valence-electron chi connectivity index (χ1n) is 7.88. The SMILES string of the molecule is CN(Cc1csc(-c2ccccc2)n1)C(=O)CC[C@H]1NC(=O)NC1=O. The molecule has 0 spiro atoms. The number of nitrogens with zero attached hydrogens (tertiary/aromatic N) is 2. The van der Waals surface area contributed by atoms with Crippen molar-refractivity contribution in [3.63, 3.8) is 0 Å². The Kier molecular flexibility index (Phi) is 5.08. The normalized spacial score (nSPS) is 16.4. The summed E-state index contributed by atoms with van der Waals surface area (Å²) in [6, 6.07) is 8.74. The third-order valence-corrected chi connectivity index (χ3v) is 4.84. The number of carbonyl (C=O) groups is 3. The van der Waals surface area contributed by atoms with Crippen molar-refractivity contribution in [1.82, 2.24) is 20.5 Å². The fraction of sp³-hybridized carbons (Fsp3) is 0.294. The van der Waals surface area contributed by atoms with Gasteiger partial charge in [0.05, 0.1) is 12.2 Å². The van der Waals surface area contributed by atoms with Crippen molar-refractivity contribution in [2.75, 3.05) is 7.05 Å². The van der Waals surface area contributed by atoms with E-state index >= 15 is 0 Å². The van der Waals surface area contributed by atoms with Gasteiger partial charge in [-0.25, -0.2) is 9.78 Å². The Morgan fingerprint density at radius 1 is 1.28 bits per heavy atom. The summed E-state index contributed by atoms with van der Waals surface area (Å²) < 4.78 is 0. The lowest BCUT2D eigenvalue weighted by Gasteiger charge is -2.16. The summed E-state index contributed by atoms with van der Waals surface area (Å²) in [6.45, 7) is 0.408. The van der Waals surface area contributed by atoms with Crippen LogP contribution in [-0.2, 0) is 16.1 Å². The maximum Gasteiger partial charge on any atom is 0.322 e. The van der Waals surface area contributed by atoms with Gasteiger partial charge in [0, 0.05) is 24.4 Å². The lowest BCUT2D eigenvalue weighted by atomic mass is 10.1. The van der Waals surface area contributed by atoms with E-state index in [-0.39, 0.29) is 24.7 Å². The average molecular weight is 358 g/mol. The zero-order valence-electron chi connectivity index (χ0n) is 13.7. The number of hydrogen-bond acceptors (Lipinski definition) is 5. The van der Waals surface area contributed by atoms with Crippen LogP contribution in [0.4, 0.5) is 4.79 Å². The minimum Gasteiger partial charge on any atom is -0.340 e. The van der Waals surface area contributed by atoms with Crippen molar-refractivity contribution in [1.29, 1.82) is 0 Å². The first-order valence-corrected chi connectivity index (χ1v) is 8.76. The molecule has 1 aliphatic heterocycles. The largest absolute Gasteiger partial charge is 0.340 e. The molecule has 7 nitrogen and oxygen atoms in total. The van der Waals surface area contributed by atoms with Crippen LogP contribution in [0.25, 0.3) is 10.6 Å². The van der Waals surface area contributed by atoms with Gasteiger partial charge in [-0.3, -0.25) is 14.9 Å². The van der Waals surface area contributed by atoms with Crippen molar-refractivity contribution >= 4 is 29.2 Å². The predicted octanol–water partition coefficient (Wildman–Crippen LogP) is 1.76. The standard InChI is InChI=1S/C17H18N4O3S/c1-21(14(22)8-7-13-15(23)20-17(24)19-13)9-12-10-25-16(18-12)11-5-3-2-4-6-11/h2-6,10,13H,7-9H2,1H3,(H2,19,20,23,24)/t13-/m1/s1. The highest BCUT2D eigenvalue weighted by Crippen LogP contribution is 2.23. The Balaban J connectivity index is 1.52. The van der Waals surface area contributed by atoms with Crippen LogP contribution in [0, 0.1) is 0 Å². The Morgan fingerprint density at radius 2 is 2.04 bits per heavy atom. The summed E-state index contributed by atoms with van der Waals surface area (Å²) in [6.07, 6.45) is 0.470. The number of benzene rings is 1. The quantitative estimate of drug-likeness (QED) is 0.770. The number of imide groups is 1. The monoisotopic (exact) mass is 358 g/mol. The zero-order chi connectivity index (χ0) is 17.8. The molecule has 8 heteroatoms. The number of amides is 4. The van der Waals surface area contributed by atoms with Gasteiger partial charge in [-0.1, -0.05) is 30.3 Å². The van der Waals surface area contributed by atoms with Crippen LogP contribution in [0.2, 0.25) is 0 Å². The third-order valence-electron chi connectivity index (χ3n) is 3.90. The van der Waals surface area contributed by atoms with Crippen molar-refractivity contribution in [3.05, 3.63) is 41.4 Å². The van der Waals surface area contributed by atoms with Crippen LogP contribution in [0.3, 0.4) is 0 Å². The van der Waals surface area contributed by atoms with Crippen molar-refractivity contribution in [2.45, 2.75) is 25.4 Å². The molecule has 3 rings (SSSR count). The zero-order valence-corrected chi connectivity index (χ0v) is 14.5. The maximum atomic E-state index is 12.2. The summed E-state index contributed by atoms with van der Waals surface area (Å²) in [5.74, 6) is -0.476.